The van der Waals surface area contributed by atoms with Gasteiger partial charge in [0.15, 0.2) is 5.96 Å². The van der Waals surface area contributed by atoms with E-state index >= 15 is 0 Å². The zero-order valence-electron chi connectivity index (χ0n) is 19.9. The van der Waals surface area contributed by atoms with E-state index < -0.39 is 0 Å². The lowest BCUT2D eigenvalue weighted by atomic mass is 10.1. The van der Waals surface area contributed by atoms with Crippen molar-refractivity contribution in [2.24, 2.45) is 12.0 Å². The molecule has 0 spiro atoms. The fourth-order valence-electron chi connectivity index (χ4n) is 3.70. The Labute approximate surface area is 191 Å². The summed E-state index contributed by atoms with van der Waals surface area (Å²) in [5.41, 5.74) is 5.90. The van der Waals surface area contributed by atoms with Crippen molar-refractivity contribution in [2.75, 3.05) is 6.54 Å². The van der Waals surface area contributed by atoms with E-state index in [4.69, 9.17) is 9.73 Å². The van der Waals surface area contributed by atoms with Crippen molar-refractivity contribution in [3.05, 3.63) is 82.7 Å². The number of rotatable bonds is 9. The molecule has 2 N–H and O–H groups in total. The average Bonchev–Trinajstić information content (AvgIpc) is 3.03. The van der Waals surface area contributed by atoms with Crippen molar-refractivity contribution in [2.45, 2.75) is 53.3 Å². The maximum absolute atomic E-state index is 5.87. The summed E-state index contributed by atoms with van der Waals surface area (Å²) in [6.07, 6.45) is 0.905. The Morgan fingerprint density at radius 2 is 1.84 bits per heavy atom. The highest BCUT2D eigenvalue weighted by molar-refractivity contribution is 5.80. The normalized spacial score (nSPS) is 12.5. The van der Waals surface area contributed by atoms with Gasteiger partial charge in [-0.25, -0.2) is 4.99 Å². The molecule has 1 heterocycles. The molecule has 0 fully saturated rings. The number of hydrogen-bond acceptors (Lipinski definition) is 3. The highest BCUT2D eigenvalue weighted by atomic mass is 16.5. The van der Waals surface area contributed by atoms with Gasteiger partial charge in [0.2, 0.25) is 0 Å². The molecule has 1 unspecified atom stereocenters. The third-order valence-corrected chi connectivity index (χ3v) is 5.46. The van der Waals surface area contributed by atoms with Crippen LogP contribution in [0, 0.1) is 13.8 Å². The first-order valence-electron chi connectivity index (χ1n) is 11.3. The first-order valence-corrected chi connectivity index (χ1v) is 11.3. The predicted octanol–water partition coefficient (Wildman–Crippen LogP) is 4.30. The van der Waals surface area contributed by atoms with E-state index in [1.54, 1.807) is 0 Å². The number of nitrogens with zero attached hydrogens (tertiary/aromatic N) is 3. The van der Waals surface area contributed by atoms with Crippen molar-refractivity contribution < 1.29 is 4.74 Å². The second-order valence-electron chi connectivity index (χ2n) is 8.14. The van der Waals surface area contributed by atoms with Gasteiger partial charge in [0.25, 0.3) is 0 Å². The molecule has 6 nitrogen and oxygen atoms in total. The van der Waals surface area contributed by atoms with E-state index in [2.05, 4.69) is 67.7 Å². The van der Waals surface area contributed by atoms with Crippen molar-refractivity contribution in [3.63, 3.8) is 0 Å². The second kappa shape index (κ2) is 11.4. The largest absolute Gasteiger partial charge is 0.489 e. The molecule has 0 radical (unpaired) electrons. The maximum Gasteiger partial charge on any atom is 0.191 e. The molecule has 0 saturated heterocycles. The van der Waals surface area contributed by atoms with Crippen LogP contribution in [-0.2, 0) is 26.6 Å². The van der Waals surface area contributed by atoms with Gasteiger partial charge < -0.3 is 15.4 Å². The molecular formula is C26H35N5O. The Morgan fingerprint density at radius 3 is 2.53 bits per heavy atom. The average molecular weight is 434 g/mol. The van der Waals surface area contributed by atoms with Crippen LogP contribution in [0.25, 0.3) is 0 Å². The number of hydrogen-bond donors (Lipinski definition) is 2. The van der Waals surface area contributed by atoms with E-state index in [-0.39, 0.29) is 6.04 Å². The minimum absolute atomic E-state index is 0.236. The monoisotopic (exact) mass is 433 g/mol. The Bertz CT molecular complexity index is 1030. The van der Waals surface area contributed by atoms with Gasteiger partial charge >= 0.3 is 0 Å². The molecular weight excluding hydrogens is 398 g/mol. The molecule has 3 aromatic rings. The lowest BCUT2D eigenvalue weighted by Gasteiger charge is -2.18. The number of aromatic nitrogens is 2. The number of nitrogens with one attached hydrogen (secondary N) is 2. The molecule has 0 bridgehead atoms. The minimum Gasteiger partial charge on any atom is -0.489 e. The van der Waals surface area contributed by atoms with Crippen molar-refractivity contribution in [1.29, 1.82) is 0 Å². The van der Waals surface area contributed by atoms with Crippen molar-refractivity contribution in [1.82, 2.24) is 20.4 Å². The summed E-state index contributed by atoms with van der Waals surface area (Å²) >= 11 is 0. The summed E-state index contributed by atoms with van der Waals surface area (Å²) in [6.45, 7) is 10.4. The van der Waals surface area contributed by atoms with Crippen LogP contribution in [0.3, 0.4) is 0 Å². The Balaban J connectivity index is 1.60. The molecule has 0 aliphatic carbocycles. The molecule has 0 aliphatic heterocycles. The molecule has 0 amide bonds. The molecule has 1 aromatic heterocycles. The van der Waals surface area contributed by atoms with Crippen LogP contribution < -0.4 is 15.4 Å². The molecule has 3 rings (SSSR count). The zero-order valence-corrected chi connectivity index (χ0v) is 19.9. The van der Waals surface area contributed by atoms with Crippen LogP contribution in [0.15, 0.2) is 59.6 Å². The molecule has 1 atom stereocenters. The summed E-state index contributed by atoms with van der Waals surface area (Å²) in [4.78, 5) is 4.81. The highest BCUT2D eigenvalue weighted by Crippen LogP contribution is 2.15. The number of guanidine groups is 1. The summed E-state index contributed by atoms with van der Waals surface area (Å²) < 4.78 is 7.82. The molecule has 0 saturated carbocycles. The van der Waals surface area contributed by atoms with Gasteiger partial charge in [-0.05, 0) is 62.9 Å². The van der Waals surface area contributed by atoms with Gasteiger partial charge in [-0.1, -0.05) is 42.5 Å². The van der Waals surface area contributed by atoms with Gasteiger partial charge in [-0.15, -0.1) is 0 Å². The molecule has 0 aliphatic rings. The Morgan fingerprint density at radius 1 is 1.09 bits per heavy atom. The van der Waals surface area contributed by atoms with E-state index in [1.807, 2.05) is 42.1 Å². The number of benzene rings is 2. The smallest absolute Gasteiger partial charge is 0.191 e. The summed E-state index contributed by atoms with van der Waals surface area (Å²) in [7, 11) is 1.99. The highest BCUT2D eigenvalue weighted by Gasteiger charge is 2.14. The third-order valence-electron chi connectivity index (χ3n) is 5.46. The molecule has 2 aromatic carbocycles. The number of aliphatic imine (C=N–C) groups is 1. The fraction of sp³-hybridized carbons (Fsp3) is 0.385. The van der Waals surface area contributed by atoms with E-state index in [0.29, 0.717) is 13.2 Å². The quantitative estimate of drug-likeness (QED) is 0.390. The van der Waals surface area contributed by atoms with Crippen LogP contribution in [0.4, 0.5) is 0 Å². The van der Waals surface area contributed by atoms with Crippen molar-refractivity contribution in [3.8, 4) is 5.75 Å². The van der Waals surface area contributed by atoms with E-state index in [0.717, 1.165) is 41.5 Å². The van der Waals surface area contributed by atoms with Gasteiger partial charge in [0.05, 0.1) is 12.2 Å². The molecule has 6 heteroatoms. The van der Waals surface area contributed by atoms with Gasteiger partial charge in [0, 0.05) is 25.3 Å². The van der Waals surface area contributed by atoms with E-state index in [9.17, 15) is 0 Å². The Kier molecular flexibility index (Phi) is 8.31. The van der Waals surface area contributed by atoms with Crippen LogP contribution >= 0.6 is 0 Å². The predicted molar refractivity (Wildman–Crippen MR) is 131 cm³/mol. The van der Waals surface area contributed by atoms with Crippen LogP contribution in [0.5, 0.6) is 5.75 Å². The maximum atomic E-state index is 5.87. The minimum atomic E-state index is 0.236. The zero-order chi connectivity index (χ0) is 22.9. The van der Waals surface area contributed by atoms with Crippen LogP contribution in [0.1, 0.15) is 41.9 Å². The fourth-order valence-corrected chi connectivity index (χ4v) is 3.70. The SMILES string of the molecule is CCNC(=NCc1cccc(COc2ccccc2)c1)NC(C)Cc1c(C)nn(C)c1C. The topological polar surface area (TPSA) is 63.5 Å². The summed E-state index contributed by atoms with van der Waals surface area (Å²) in [5, 5.41) is 11.4. The molecule has 32 heavy (non-hydrogen) atoms. The number of para-hydroxylation sites is 1. The van der Waals surface area contributed by atoms with Gasteiger partial charge in [-0.2, -0.15) is 5.10 Å². The lowest BCUT2D eigenvalue weighted by Crippen LogP contribution is -2.43. The van der Waals surface area contributed by atoms with Crippen molar-refractivity contribution >= 4 is 5.96 Å². The number of ether oxygens (including phenoxy) is 1. The third kappa shape index (κ3) is 6.61. The van der Waals surface area contributed by atoms with Gasteiger partial charge in [-0.3, -0.25) is 4.68 Å². The summed E-state index contributed by atoms with van der Waals surface area (Å²) in [5.74, 6) is 1.70. The van der Waals surface area contributed by atoms with Crippen LogP contribution in [0.2, 0.25) is 0 Å². The first kappa shape index (κ1) is 23.4. The molecule has 170 valence electrons. The van der Waals surface area contributed by atoms with Crippen LogP contribution in [-0.4, -0.2) is 28.3 Å². The standard InChI is InChI=1S/C26H35N5O/c1-6-27-26(29-19(2)15-25-20(3)30-31(5)21(25)4)28-17-22-11-10-12-23(16-22)18-32-24-13-8-7-9-14-24/h7-14,16,19H,6,15,17-18H2,1-5H3,(H2,27,28,29). The Hall–Kier alpha value is -3.28. The second-order valence-corrected chi connectivity index (χ2v) is 8.14. The van der Waals surface area contributed by atoms with E-state index in [1.165, 1.54) is 11.3 Å². The summed E-state index contributed by atoms with van der Waals surface area (Å²) in [6, 6.07) is 18.5. The lowest BCUT2D eigenvalue weighted by molar-refractivity contribution is 0.306. The van der Waals surface area contributed by atoms with Gasteiger partial charge in [0.1, 0.15) is 12.4 Å². The first-order chi connectivity index (χ1) is 15.5. The number of aryl methyl sites for hydroxylation is 2.